The Labute approximate surface area is 87.8 Å². The Bertz CT molecular complexity index is 150. The minimum atomic E-state index is 0.304. The third-order valence-electron chi connectivity index (χ3n) is 2.68. The van der Waals surface area contributed by atoms with Crippen LogP contribution in [0.25, 0.3) is 0 Å². The predicted octanol–water partition coefficient (Wildman–Crippen LogP) is 3.02. The van der Waals surface area contributed by atoms with Crippen LogP contribution in [0.1, 0.15) is 51.9 Å². The van der Waals surface area contributed by atoms with E-state index in [9.17, 15) is 4.79 Å². The number of carbonyl (C=O) groups excluding carboxylic acids is 1. The van der Waals surface area contributed by atoms with Crippen LogP contribution < -0.4 is 0 Å². The zero-order chi connectivity index (χ0) is 9.52. The molecule has 76 valence electrons. The van der Waals surface area contributed by atoms with E-state index < -0.39 is 0 Å². The molecular formula is C11H20OSe. The fraction of sp³-hybridized carbons (Fsp3) is 0.909. The Balaban J connectivity index is 2.13. The van der Waals surface area contributed by atoms with Gasteiger partial charge in [0.15, 0.2) is 0 Å². The summed E-state index contributed by atoms with van der Waals surface area (Å²) < 4.78 is 0.612. The average Bonchev–Trinajstić information content (AvgIpc) is 2.19. The molecule has 0 radical (unpaired) electrons. The average molecular weight is 247 g/mol. The molecule has 0 atom stereocenters. The third kappa shape index (κ3) is 4.28. The second-order valence-corrected chi connectivity index (χ2v) is 6.16. The normalized spacial score (nSPS) is 18.8. The van der Waals surface area contributed by atoms with Gasteiger partial charge in [-0.05, 0) is 0 Å². The molecule has 0 heterocycles. The minimum absolute atomic E-state index is 0.304. The van der Waals surface area contributed by atoms with E-state index in [0.717, 1.165) is 0 Å². The summed E-state index contributed by atoms with van der Waals surface area (Å²) in [7, 11) is 0. The standard InChI is InChI=1S/C11H20OSe/c1-2-3-9-13-11(12)10-7-5-4-6-8-10/h10H,2-9H2,1H3. The first kappa shape index (κ1) is 11.3. The quantitative estimate of drug-likeness (QED) is 0.539. The molecule has 0 aromatic heterocycles. The molecule has 0 spiro atoms. The van der Waals surface area contributed by atoms with Crippen LogP contribution in [-0.2, 0) is 4.79 Å². The molecule has 0 unspecified atom stereocenters. The van der Waals surface area contributed by atoms with Gasteiger partial charge in [0, 0.05) is 0 Å². The van der Waals surface area contributed by atoms with Crippen molar-refractivity contribution in [2.45, 2.75) is 57.2 Å². The van der Waals surface area contributed by atoms with Crippen molar-refractivity contribution in [3.05, 3.63) is 0 Å². The van der Waals surface area contributed by atoms with Crippen LogP contribution in [0.5, 0.6) is 0 Å². The SMILES string of the molecule is CCCC[Se]C(=O)C1CCCCC1. The van der Waals surface area contributed by atoms with E-state index in [-0.39, 0.29) is 0 Å². The molecule has 2 heteroatoms. The van der Waals surface area contributed by atoms with Crippen LogP contribution in [0, 0.1) is 5.92 Å². The van der Waals surface area contributed by atoms with E-state index in [2.05, 4.69) is 6.92 Å². The van der Waals surface area contributed by atoms with Gasteiger partial charge in [0.2, 0.25) is 0 Å². The molecule has 1 fully saturated rings. The van der Waals surface area contributed by atoms with Gasteiger partial charge in [-0.25, -0.2) is 0 Å². The molecule has 1 nitrogen and oxygen atoms in total. The van der Waals surface area contributed by atoms with Crippen LogP contribution in [-0.4, -0.2) is 19.6 Å². The molecule has 13 heavy (non-hydrogen) atoms. The van der Waals surface area contributed by atoms with Gasteiger partial charge in [0.1, 0.15) is 0 Å². The molecule has 0 bridgehead atoms. The van der Waals surface area contributed by atoms with Crippen molar-refractivity contribution in [1.29, 1.82) is 0 Å². The summed E-state index contributed by atoms with van der Waals surface area (Å²) in [5.74, 6) is 0.464. The Kier molecular flexibility index (Phi) is 5.73. The number of hydrogen-bond donors (Lipinski definition) is 0. The first-order valence-electron chi connectivity index (χ1n) is 5.51. The number of rotatable bonds is 5. The fourth-order valence-corrected chi connectivity index (χ4v) is 4.09. The Morgan fingerprint density at radius 1 is 1.31 bits per heavy atom. The second-order valence-electron chi connectivity index (χ2n) is 3.86. The van der Waals surface area contributed by atoms with E-state index >= 15 is 0 Å². The zero-order valence-electron chi connectivity index (χ0n) is 8.55. The maximum atomic E-state index is 11.7. The van der Waals surface area contributed by atoms with Gasteiger partial charge in [-0.3, -0.25) is 0 Å². The Morgan fingerprint density at radius 3 is 2.62 bits per heavy atom. The van der Waals surface area contributed by atoms with Crippen LogP contribution in [0.3, 0.4) is 0 Å². The molecule has 0 aliphatic heterocycles. The fourth-order valence-electron chi connectivity index (χ4n) is 1.77. The summed E-state index contributed by atoms with van der Waals surface area (Å²) in [6, 6.07) is 0. The van der Waals surface area contributed by atoms with E-state index in [1.165, 1.54) is 50.3 Å². The van der Waals surface area contributed by atoms with E-state index in [0.29, 0.717) is 25.6 Å². The number of hydrogen-bond acceptors (Lipinski definition) is 1. The van der Waals surface area contributed by atoms with Crippen molar-refractivity contribution in [3.63, 3.8) is 0 Å². The van der Waals surface area contributed by atoms with Crippen molar-refractivity contribution in [1.82, 2.24) is 0 Å². The third-order valence-corrected chi connectivity index (χ3v) is 5.01. The van der Waals surface area contributed by atoms with Crippen LogP contribution in [0.15, 0.2) is 0 Å². The molecule has 0 N–H and O–H groups in total. The van der Waals surface area contributed by atoms with Gasteiger partial charge in [-0.1, -0.05) is 0 Å². The summed E-state index contributed by atoms with van der Waals surface area (Å²) in [5, 5.41) is 1.18. The number of carbonyl (C=O) groups is 1. The van der Waals surface area contributed by atoms with E-state index in [4.69, 9.17) is 0 Å². The van der Waals surface area contributed by atoms with Gasteiger partial charge in [0.25, 0.3) is 0 Å². The molecule has 1 saturated carbocycles. The Morgan fingerprint density at radius 2 is 2.00 bits per heavy atom. The van der Waals surface area contributed by atoms with E-state index in [1.54, 1.807) is 0 Å². The summed E-state index contributed by atoms with van der Waals surface area (Å²) in [6.07, 6.45) is 8.80. The van der Waals surface area contributed by atoms with Crippen molar-refractivity contribution in [2.24, 2.45) is 5.92 Å². The number of unbranched alkanes of at least 4 members (excludes halogenated alkanes) is 1. The van der Waals surface area contributed by atoms with Crippen LogP contribution in [0.2, 0.25) is 5.32 Å². The zero-order valence-corrected chi connectivity index (χ0v) is 10.3. The monoisotopic (exact) mass is 248 g/mol. The predicted molar refractivity (Wildman–Crippen MR) is 57.1 cm³/mol. The topological polar surface area (TPSA) is 17.1 Å². The van der Waals surface area contributed by atoms with Crippen LogP contribution in [0.4, 0.5) is 0 Å². The van der Waals surface area contributed by atoms with Gasteiger partial charge >= 0.3 is 87.5 Å². The second kappa shape index (κ2) is 6.61. The molecule has 0 saturated heterocycles. The van der Waals surface area contributed by atoms with Crippen molar-refractivity contribution in [3.8, 4) is 0 Å². The molecular weight excluding hydrogens is 227 g/mol. The van der Waals surface area contributed by atoms with Crippen molar-refractivity contribution < 1.29 is 4.79 Å². The van der Waals surface area contributed by atoms with Crippen molar-refractivity contribution >= 4 is 19.6 Å². The van der Waals surface area contributed by atoms with Gasteiger partial charge in [-0.15, -0.1) is 0 Å². The van der Waals surface area contributed by atoms with Crippen molar-refractivity contribution in [2.75, 3.05) is 0 Å². The van der Waals surface area contributed by atoms with Gasteiger partial charge < -0.3 is 0 Å². The van der Waals surface area contributed by atoms with Gasteiger partial charge in [-0.2, -0.15) is 0 Å². The summed E-state index contributed by atoms with van der Waals surface area (Å²) in [4.78, 5) is 11.7. The molecule has 0 amide bonds. The molecule has 0 aromatic carbocycles. The maximum absolute atomic E-state index is 11.7. The molecule has 1 aliphatic rings. The van der Waals surface area contributed by atoms with E-state index in [1.807, 2.05) is 0 Å². The first-order valence-corrected chi connectivity index (χ1v) is 7.58. The van der Waals surface area contributed by atoms with Gasteiger partial charge in [0.05, 0.1) is 0 Å². The summed E-state index contributed by atoms with van der Waals surface area (Å²) in [6.45, 7) is 2.20. The van der Waals surface area contributed by atoms with Crippen LogP contribution >= 0.6 is 0 Å². The summed E-state index contributed by atoms with van der Waals surface area (Å²) in [5.41, 5.74) is 0. The Hall–Kier alpha value is 0.189. The first-order chi connectivity index (χ1) is 6.34. The summed E-state index contributed by atoms with van der Waals surface area (Å²) >= 11 is 0.304. The molecule has 0 aromatic rings. The molecule has 1 aliphatic carbocycles. The molecule has 1 rings (SSSR count).